The Bertz CT molecular complexity index is 821. The molecule has 0 radical (unpaired) electrons. The fourth-order valence-corrected chi connectivity index (χ4v) is 3.03. The van der Waals surface area contributed by atoms with Crippen LogP contribution in [-0.2, 0) is 0 Å². The van der Waals surface area contributed by atoms with Gasteiger partial charge in [0, 0.05) is 4.47 Å². The van der Waals surface area contributed by atoms with Crippen molar-refractivity contribution in [2.75, 3.05) is 13.2 Å². The van der Waals surface area contributed by atoms with Gasteiger partial charge in [-0.15, -0.1) is 0 Å². The Morgan fingerprint density at radius 1 is 1.20 bits per heavy atom. The Morgan fingerprint density at radius 2 is 1.92 bits per heavy atom. The van der Waals surface area contributed by atoms with Crippen LogP contribution in [0.1, 0.15) is 18.1 Å². The van der Waals surface area contributed by atoms with Gasteiger partial charge in [0.2, 0.25) is 0 Å². The number of allylic oxidation sites excluding steroid dienone is 1. The van der Waals surface area contributed by atoms with E-state index < -0.39 is 0 Å². The molecule has 0 atom stereocenters. The van der Waals surface area contributed by atoms with E-state index in [2.05, 4.69) is 44.5 Å². The van der Waals surface area contributed by atoms with E-state index in [1.54, 1.807) is 6.08 Å². The average Bonchev–Trinajstić information content (AvgIpc) is 2.60. The van der Waals surface area contributed by atoms with Gasteiger partial charge in [0.15, 0.2) is 11.5 Å². The van der Waals surface area contributed by atoms with Crippen molar-refractivity contribution in [1.29, 1.82) is 5.26 Å². The Labute approximate surface area is 164 Å². The predicted molar refractivity (Wildman–Crippen MR) is 109 cm³/mol. The first-order chi connectivity index (χ1) is 12.1. The molecule has 0 aliphatic carbocycles. The van der Waals surface area contributed by atoms with Crippen LogP contribution < -0.4 is 9.47 Å². The molecule has 0 saturated heterocycles. The van der Waals surface area contributed by atoms with Crippen molar-refractivity contribution in [2.24, 2.45) is 0 Å². The SMILES string of the molecule is C=CCOc1c(Br)cc(/C=C(\C#N)c2ccc(Br)cc2)cc1OCC. The fraction of sp³-hybridized carbons (Fsp3) is 0.150. The molecule has 0 heterocycles. The zero-order valence-corrected chi connectivity index (χ0v) is 16.9. The minimum Gasteiger partial charge on any atom is -0.490 e. The zero-order chi connectivity index (χ0) is 18.2. The van der Waals surface area contributed by atoms with Crippen molar-refractivity contribution in [3.63, 3.8) is 0 Å². The molecule has 128 valence electrons. The minimum atomic E-state index is 0.385. The first-order valence-corrected chi connectivity index (χ1v) is 9.25. The summed E-state index contributed by atoms with van der Waals surface area (Å²) in [7, 11) is 0. The van der Waals surface area contributed by atoms with Crippen molar-refractivity contribution in [2.45, 2.75) is 6.92 Å². The van der Waals surface area contributed by atoms with E-state index in [1.165, 1.54) is 0 Å². The number of rotatable bonds is 7. The second-order valence-electron chi connectivity index (χ2n) is 5.04. The molecule has 2 aromatic carbocycles. The number of benzene rings is 2. The highest BCUT2D eigenvalue weighted by molar-refractivity contribution is 9.10. The van der Waals surface area contributed by atoms with Crippen molar-refractivity contribution in [3.05, 3.63) is 69.1 Å². The van der Waals surface area contributed by atoms with Crippen molar-refractivity contribution >= 4 is 43.5 Å². The maximum atomic E-state index is 9.51. The highest BCUT2D eigenvalue weighted by atomic mass is 79.9. The van der Waals surface area contributed by atoms with Crippen LogP contribution in [0.25, 0.3) is 11.6 Å². The van der Waals surface area contributed by atoms with Crippen molar-refractivity contribution in [3.8, 4) is 17.6 Å². The first-order valence-electron chi connectivity index (χ1n) is 7.66. The van der Waals surface area contributed by atoms with Crippen LogP contribution in [0.2, 0.25) is 0 Å². The Kier molecular flexibility index (Phi) is 7.30. The van der Waals surface area contributed by atoms with Gasteiger partial charge in [-0.2, -0.15) is 5.26 Å². The molecular formula is C20H17Br2NO2. The molecular weight excluding hydrogens is 446 g/mol. The molecule has 25 heavy (non-hydrogen) atoms. The summed E-state index contributed by atoms with van der Waals surface area (Å²) in [5, 5.41) is 9.51. The molecule has 2 rings (SSSR count). The molecule has 0 unspecified atom stereocenters. The van der Waals surface area contributed by atoms with E-state index in [-0.39, 0.29) is 0 Å². The van der Waals surface area contributed by atoms with Crippen LogP contribution in [0, 0.1) is 11.3 Å². The molecule has 2 aromatic rings. The zero-order valence-electron chi connectivity index (χ0n) is 13.8. The van der Waals surface area contributed by atoms with E-state index in [1.807, 2.05) is 49.4 Å². The lowest BCUT2D eigenvalue weighted by Crippen LogP contribution is -2.00. The molecule has 5 heteroatoms. The van der Waals surface area contributed by atoms with Gasteiger partial charge >= 0.3 is 0 Å². The maximum Gasteiger partial charge on any atom is 0.175 e. The van der Waals surface area contributed by atoms with Crippen LogP contribution >= 0.6 is 31.9 Å². The van der Waals surface area contributed by atoms with Crippen molar-refractivity contribution in [1.82, 2.24) is 0 Å². The molecule has 0 spiro atoms. The van der Waals surface area contributed by atoms with Gasteiger partial charge in [0.1, 0.15) is 6.61 Å². The van der Waals surface area contributed by atoms with Gasteiger partial charge in [0.05, 0.1) is 22.7 Å². The summed E-state index contributed by atoms with van der Waals surface area (Å²) in [5.74, 6) is 1.25. The largest absolute Gasteiger partial charge is 0.490 e. The predicted octanol–water partition coefficient (Wildman–Crippen LogP) is 6.24. The fourth-order valence-electron chi connectivity index (χ4n) is 2.19. The van der Waals surface area contributed by atoms with Crippen LogP contribution in [-0.4, -0.2) is 13.2 Å². The smallest absolute Gasteiger partial charge is 0.175 e. The van der Waals surface area contributed by atoms with Gasteiger partial charge < -0.3 is 9.47 Å². The van der Waals surface area contributed by atoms with Gasteiger partial charge in [-0.25, -0.2) is 0 Å². The van der Waals surface area contributed by atoms with Crippen LogP contribution in [0.15, 0.2) is 58.0 Å². The summed E-state index contributed by atoms with van der Waals surface area (Å²) in [6.45, 7) is 6.47. The summed E-state index contributed by atoms with van der Waals surface area (Å²) in [5.41, 5.74) is 2.27. The lowest BCUT2D eigenvalue weighted by molar-refractivity contribution is 0.295. The molecule has 0 aliphatic rings. The molecule has 0 N–H and O–H groups in total. The molecule has 0 saturated carbocycles. The summed E-state index contributed by atoms with van der Waals surface area (Å²) >= 11 is 6.92. The number of nitrogens with zero attached hydrogens (tertiary/aromatic N) is 1. The number of hydrogen-bond acceptors (Lipinski definition) is 3. The Morgan fingerprint density at radius 3 is 2.52 bits per heavy atom. The maximum absolute atomic E-state index is 9.51. The van der Waals surface area contributed by atoms with E-state index in [4.69, 9.17) is 9.47 Å². The number of nitriles is 1. The van der Waals surface area contributed by atoms with Gasteiger partial charge in [-0.3, -0.25) is 0 Å². The molecule has 0 aliphatic heterocycles. The third-order valence-corrected chi connectivity index (χ3v) is 4.38. The first kappa shape index (κ1) is 19.3. The summed E-state index contributed by atoms with van der Waals surface area (Å²) in [6, 6.07) is 13.6. The molecule has 0 amide bonds. The van der Waals surface area contributed by atoms with Gasteiger partial charge in [-0.05, 0) is 64.3 Å². The van der Waals surface area contributed by atoms with E-state index in [0.717, 1.165) is 20.1 Å². The third-order valence-electron chi connectivity index (χ3n) is 3.26. The number of halogens is 2. The standard InChI is InChI=1S/C20H17Br2NO2/c1-3-9-25-20-18(22)11-14(12-19(20)24-4-2)10-16(13-23)15-5-7-17(21)8-6-15/h3,5-8,10-12H,1,4,9H2,2H3/b16-10+. The summed E-state index contributed by atoms with van der Waals surface area (Å²) in [6.07, 6.45) is 3.51. The van der Waals surface area contributed by atoms with Crippen LogP contribution in [0.3, 0.4) is 0 Å². The molecule has 0 bridgehead atoms. The van der Waals surface area contributed by atoms with Crippen LogP contribution in [0.4, 0.5) is 0 Å². The van der Waals surface area contributed by atoms with E-state index >= 15 is 0 Å². The lowest BCUT2D eigenvalue weighted by atomic mass is 10.0. The second kappa shape index (κ2) is 9.45. The second-order valence-corrected chi connectivity index (χ2v) is 6.81. The quantitative estimate of drug-likeness (QED) is 0.278. The minimum absolute atomic E-state index is 0.385. The number of hydrogen-bond donors (Lipinski definition) is 0. The van der Waals surface area contributed by atoms with E-state index in [9.17, 15) is 5.26 Å². The number of ether oxygens (including phenoxy) is 2. The van der Waals surface area contributed by atoms with E-state index in [0.29, 0.717) is 30.3 Å². The van der Waals surface area contributed by atoms with Gasteiger partial charge in [-0.1, -0.05) is 40.7 Å². The normalized spacial score (nSPS) is 10.9. The third kappa shape index (κ3) is 5.22. The average molecular weight is 463 g/mol. The monoisotopic (exact) mass is 461 g/mol. The lowest BCUT2D eigenvalue weighted by Gasteiger charge is -2.14. The van der Waals surface area contributed by atoms with Gasteiger partial charge in [0.25, 0.3) is 0 Å². The topological polar surface area (TPSA) is 42.2 Å². The Balaban J connectivity index is 2.45. The molecule has 0 aromatic heterocycles. The van der Waals surface area contributed by atoms with Crippen molar-refractivity contribution < 1.29 is 9.47 Å². The molecule has 0 fully saturated rings. The Hall–Kier alpha value is -2.03. The summed E-state index contributed by atoms with van der Waals surface area (Å²) in [4.78, 5) is 0. The van der Waals surface area contributed by atoms with Crippen LogP contribution in [0.5, 0.6) is 11.5 Å². The summed E-state index contributed by atoms with van der Waals surface area (Å²) < 4.78 is 13.1. The highest BCUT2D eigenvalue weighted by Crippen LogP contribution is 2.38. The molecule has 3 nitrogen and oxygen atoms in total. The highest BCUT2D eigenvalue weighted by Gasteiger charge is 2.12.